The van der Waals surface area contributed by atoms with E-state index in [9.17, 15) is 9.18 Å². The lowest BCUT2D eigenvalue weighted by Gasteiger charge is -2.05. The number of carbonyl (C=O) groups is 1. The van der Waals surface area contributed by atoms with Gasteiger partial charge >= 0.3 is 5.97 Å². The molecule has 0 saturated carbocycles. The zero-order valence-corrected chi connectivity index (χ0v) is 8.53. The van der Waals surface area contributed by atoms with Gasteiger partial charge in [0.15, 0.2) is 0 Å². The van der Waals surface area contributed by atoms with E-state index in [1.165, 1.54) is 12.1 Å². The van der Waals surface area contributed by atoms with Crippen molar-refractivity contribution in [3.05, 3.63) is 47.3 Å². The normalized spacial score (nSPS) is 10.8. The Morgan fingerprint density at radius 3 is 2.87 bits per heavy atom. The standard InChI is InChI=1S/C12H13FO2/c1-2-10-9(5-3-7-11(10)13)6-4-8-12(14)15/h3-5,7-8H,2,6H2,1H3,(H,14,15)/b8-4-. The van der Waals surface area contributed by atoms with Crippen molar-refractivity contribution in [2.75, 3.05) is 0 Å². The number of hydrogen-bond donors (Lipinski definition) is 1. The van der Waals surface area contributed by atoms with Crippen LogP contribution in [0.15, 0.2) is 30.4 Å². The SMILES string of the molecule is CCc1c(F)cccc1C/C=C\C(=O)O. The molecule has 0 heterocycles. The minimum atomic E-state index is -0.982. The summed E-state index contributed by atoms with van der Waals surface area (Å²) in [6, 6.07) is 4.87. The lowest BCUT2D eigenvalue weighted by Crippen LogP contribution is -1.96. The molecule has 0 radical (unpaired) electrons. The third-order valence-electron chi connectivity index (χ3n) is 2.17. The van der Waals surface area contributed by atoms with E-state index >= 15 is 0 Å². The van der Waals surface area contributed by atoms with Crippen molar-refractivity contribution in [3.8, 4) is 0 Å². The number of hydrogen-bond acceptors (Lipinski definition) is 1. The third kappa shape index (κ3) is 3.20. The second kappa shape index (κ2) is 5.29. The van der Waals surface area contributed by atoms with Crippen LogP contribution < -0.4 is 0 Å². The molecule has 0 aliphatic heterocycles. The van der Waals surface area contributed by atoms with E-state index in [2.05, 4.69) is 0 Å². The van der Waals surface area contributed by atoms with Gasteiger partial charge in [0.25, 0.3) is 0 Å². The van der Waals surface area contributed by atoms with Crippen LogP contribution in [0, 0.1) is 5.82 Å². The average Bonchev–Trinajstić information content (AvgIpc) is 2.17. The van der Waals surface area contributed by atoms with Gasteiger partial charge in [0, 0.05) is 6.08 Å². The summed E-state index contributed by atoms with van der Waals surface area (Å²) in [5.41, 5.74) is 1.50. The van der Waals surface area contributed by atoms with Crippen LogP contribution in [-0.4, -0.2) is 11.1 Å². The zero-order valence-electron chi connectivity index (χ0n) is 8.53. The molecule has 0 saturated heterocycles. The largest absolute Gasteiger partial charge is 0.478 e. The summed E-state index contributed by atoms with van der Waals surface area (Å²) < 4.78 is 13.3. The van der Waals surface area contributed by atoms with Gasteiger partial charge in [-0.05, 0) is 30.0 Å². The molecule has 15 heavy (non-hydrogen) atoms. The second-order valence-corrected chi connectivity index (χ2v) is 3.18. The van der Waals surface area contributed by atoms with Crippen LogP contribution in [0.4, 0.5) is 4.39 Å². The van der Waals surface area contributed by atoms with E-state index in [0.717, 1.165) is 11.6 Å². The molecule has 80 valence electrons. The highest BCUT2D eigenvalue weighted by Crippen LogP contribution is 2.15. The molecule has 0 fully saturated rings. The summed E-state index contributed by atoms with van der Waals surface area (Å²) in [7, 11) is 0. The first-order chi connectivity index (χ1) is 7.15. The fraction of sp³-hybridized carbons (Fsp3) is 0.250. The van der Waals surface area contributed by atoms with Crippen molar-refractivity contribution >= 4 is 5.97 Å². The Hall–Kier alpha value is -1.64. The Morgan fingerprint density at radius 1 is 1.53 bits per heavy atom. The maximum absolute atomic E-state index is 13.3. The second-order valence-electron chi connectivity index (χ2n) is 3.18. The molecule has 1 rings (SSSR count). The maximum atomic E-state index is 13.3. The molecule has 0 bridgehead atoms. The van der Waals surface area contributed by atoms with Gasteiger partial charge in [0.2, 0.25) is 0 Å². The van der Waals surface area contributed by atoms with Gasteiger partial charge in [-0.2, -0.15) is 0 Å². The number of halogens is 1. The highest BCUT2D eigenvalue weighted by atomic mass is 19.1. The Bertz CT molecular complexity index is 383. The highest BCUT2D eigenvalue weighted by molar-refractivity contribution is 5.79. The first kappa shape index (κ1) is 11.4. The number of allylic oxidation sites excluding steroid dienone is 1. The quantitative estimate of drug-likeness (QED) is 0.772. The van der Waals surface area contributed by atoms with E-state index in [1.54, 1.807) is 6.07 Å². The fourth-order valence-electron chi connectivity index (χ4n) is 1.48. The Kier molecular flexibility index (Phi) is 4.03. The molecule has 0 amide bonds. The topological polar surface area (TPSA) is 37.3 Å². The van der Waals surface area contributed by atoms with Crippen LogP contribution >= 0.6 is 0 Å². The number of carboxylic acid groups (broad SMARTS) is 1. The van der Waals surface area contributed by atoms with Gasteiger partial charge < -0.3 is 5.11 Å². The maximum Gasteiger partial charge on any atom is 0.327 e. The van der Waals surface area contributed by atoms with Gasteiger partial charge in [-0.3, -0.25) is 0 Å². The number of rotatable bonds is 4. The number of benzene rings is 1. The van der Waals surface area contributed by atoms with Crippen molar-refractivity contribution in [2.45, 2.75) is 19.8 Å². The van der Waals surface area contributed by atoms with Crippen molar-refractivity contribution in [1.82, 2.24) is 0 Å². The molecule has 2 nitrogen and oxygen atoms in total. The highest BCUT2D eigenvalue weighted by Gasteiger charge is 2.04. The van der Waals surface area contributed by atoms with Crippen LogP contribution in [-0.2, 0) is 17.6 Å². The van der Waals surface area contributed by atoms with E-state index in [0.29, 0.717) is 18.4 Å². The molecule has 0 unspecified atom stereocenters. The molecule has 0 aliphatic rings. The first-order valence-electron chi connectivity index (χ1n) is 4.81. The molecule has 1 N–H and O–H groups in total. The van der Waals surface area contributed by atoms with Gasteiger partial charge in [-0.15, -0.1) is 0 Å². The van der Waals surface area contributed by atoms with Crippen molar-refractivity contribution in [3.63, 3.8) is 0 Å². The predicted molar refractivity (Wildman–Crippen MR) is 56.3 cm³/mol. The van der Waals surface area contributed by atoms with E-state index in [1.807, 2.05) is 13.0 Å². The molecule has 3 heteroatoms. The molecule has 1 aromatic carbocycles. The van der Waals surface area contributed by atoms with E-state index < -0.39 is 5.97 Å². The Balaban J connectivity index is 2.85. The summed E-state index contributed by atoms with van der Waals surface area (Å²) in [4.78, 5) is 10.3. The predicted octanol–water partition coefficient (Wildman–Crippen LogP) is 2.57. The smallest absolute Gasteiger partial charge is 0.327 e. The molecular formula is C12H13FO2. The van der Waals surface area contributed by atoms with Gasteiger partial charge in [0.1, 0.15) is 5.82 Å². The molecule has 0 aliphatic carbocycles. The third-order valence-corrected chi connectivity index (χ3v) is 2.17. The Labute approximate surface area is 88.1 Å². The van der Waals surface area contributed by atoms with Crippen LogP contribution in [0.5, 0.6) is 0 Å². The minimum absolute atomic E-state index is 0.223. The summed E-state index contributed by atoms with van der Waals surface area (Å²) in [5.74, 6) is -1.21. The van der Waals surface area contributed by atoms with Crippen LogP contribution in [0.1, 0.15) is 18.1 Å². The van der Waals surface area contributed by atoms with Gasteiger partial charge in [-0.25, -0.2) is 9.18 Å². The van der Waals surface area contributed by atoms with Crippen molar-refractivity contribution < 1.29 is 14.3 Å². The first-order valence-corrected chi connectivity index (χ1v) is 4.81. The molecule has 0 atom stereocenters. The number of aliphatic carboxylic acids is 1. The van der Waals surface area contributed by atoms with E-state index in [-0.39, 0.29) is 5.82 Å². The summed E-state index contributed by atoms with van der Waals surface area (Å²) in [5, 5.41) is 8.41. The molecular weight excluding hydrogens is 195 g/mol. The fourth-order valence-corrected chi connectivity index (χ4v) is 1.48. The van der Waals surface area contributed by atoms with E-state index in [4.69, 9.17) is 5.11 Å². The molecule has 0 aromatic heterocycles. The van der Waals surface area contributed by atoms with Crippen molar-refractivity contribution in [1.29, 1.82) is 0 Å². The monoisotopic (exact) mass is 208 g/mol. The lowest BCUT2D eigenvalue weighted by atomic mass is 10.0. The molecule has 1 aromatic rings. The lowest BCUT2D eigenvalue weighted by molar-refractivity contribution is -0.131. The number of carboxylic acids is 1. The van der Waals surface area contributed by atoms with Gasteiger partial charge in [-0.1, -0.05) is 25.1 Å². The summed E-state index contributed by atoms with van der Waals surface area (Å²) >= 11 is 0. The zero-order chi connectivity index (χ0) is 11.3. The average molecular weight is 208 g/mol. The summed E-state index contributed by atoms with van der Waals surface area (Å²) in [6.45, 7) is 1.88. The van der Waals surface area contributed by atoms with Crippen LogP contribution in [0.3, 0.4) is 0 Å². The molecule has 0 spiro atoms. The summed E-state index contributed by atoms with van der Waals surface area (Å²) in [6.07, 6.45) is 3.66. The van der Waals surface area contributed by atoms with Crippen molar-refractivity contribution in [2.24, 2.45) is 0 Å². The minimum Gasteiger partial charge on any atom is -0.478 e. The van der Waals surface area contributed by atoms with Gasteiger partial charge in [0.05, 0.1) is 0 Å². The Morgan fingerprint density at radius 2 is 2.27 bits per heavy atom. The van der Waals surface area contributed by atoms with Crippen LogP contribution in [0.2, 0.25) is 0 Å². The van der Waals surface area contributed by atoms with Crippen LogP contribution in [0.25, 0.3) is 0 Å².